The third-order valence-corrected chi connectivity index (χ3v) is 1.85. The summed E-state index contributed by atoms with van der Waals surface area (Å²) in [6, 6.07) is 6.72. The van der Waals surface area contributed by atoms with Crippen molar-refractivity contribution in [2.24, 2.45) is 0 Å². The summed E-state index contributed by atoms with van der Waals surface area (Å²) in [7, 11) is 0. The van der Waals surface area contributed by atoms with Gasteiger partial charge >= 0.3 is 0 Å². The van der Waals surface area contributed by atoms with Crippen LogP contribution in [0.3, 0.4) is 0 Å². The third-order valence-electron chi connectivity index (χ3n) is 1.55. The fraction of sp³-hybridized carbons (Fsp3) is 0.200. The molecule has 0 radical (unpaired) electrons. The number of hydrogen-bond donors (Lipinski definition) is 0. The molecule has 0 aliphatic heterocycles. The predicted molar refractivity (Wildman–Crippen MR) is 52.3 cm³/mol. The molecule has 0 saturated heterocycles. The fourth-order valence-corrected chi connectivity index (χ4v) is 1.14. The molecule has 0 atom stereocenters. The zero-order chi connectivity index (χ0) is 10.4. The first-order chi connectivity index (χ1) is 6.77. The van der Waals surface area contributed by atoms with Gasteiger partial charge in [-0.15, -0.1) is 0 Å². The molecule has 4 heteroatoms. The molecule has 0 heterocycles. The van der Waals surface area contributed by atoms with E-state index in [1.54, 1.807) is 12.1 Å². The van der Waals surface area contributed by atoms with Crippen molar-refractivity contribution in [2.45, 2.75) is 6.42 Å². The lowest BCUT2D eigenvalue weighted by molar-refractivity contribution is -0.108. The van der Waals surface area contributed by atoms with Crippen LogP contribution in [0.4, 0.5) is 0 Å². The van der Waals surface area contributed by atoms with Gasteiger partial charge in [0.2, 0.25) is 0 Å². The molecule has 14 heavy (non-hydrogen) atoms. The van der Waals surface area contributed by atoms with E-state index in [0.717, 1.165) is 6.29 Å². The summed E-state index contributed by atoms with van der Waals surface area (Å²) < 4.78 is 5.20. The van der Waals surface area contributed by atoms with Gasteiger partial charge in [0.15, 0.2) is 0 Å². The molecule has 0 fully saturated rings. The first kappa shape index (κ1) is 10.6. The third kappa shape index (κ3) is 2.75. The molecule has 0 aromatic heterocycles. The van der Waals surface area contributed by atoms with E-state index < -0.39 is 0 Å². The first-order valence-electron chi connectivity index (χ1n) is 4.04. The van der Waals surface area contributed by atoms with Crippen LogP contribution in [0.25, 0.3) is 0 Å². The lowest BCUT2D eigenvalue weighted by Crippen LogP contribution is -1.98. The maximum atomic E-state index is 10.0. The van der Waals surface area contributed by atoms with E-state index >= 15 is 0 Å². The summed E-state index contributed by atoms with van der Waals surface area (Å²) in [4.78, 5) is 10.0. The molecule has 1 aromatic carbocycles. The molecule has 1 rings (SSSR count). The predicted octanol–water partition coefficient (Wildman–Crippen LogP) is 2.18. The summed E-state index contributed by atoms with van der Waals surface area (Å²) in [5.74, 6) is 0.493. The summed E-state index contributed by atoms with van der Waals surface area (Å²) >= 11 is 5.82. The zero-order valence-electron chi connectivity index (χ0n) is 7.37. The lowest BCUT2D eigenvalue weighted by Gasteiger charge is -2.05. The highest BCUT2D eigenvalue weighted by Crippen LogP contribution is 2.25. The van der Waals surface area contributed by atoms with E-state index in [1.165, 1.54) is 6.07 Å². The van der Waals surface area contributed by atoms with Crippen molar-refractivity contribution >= 4 is 17.9 Å². The molecule has 3 nitrogen and oxygen atoms in total. The Morgan fingerprint density at radius 1 is 1.57 bits per heavy atom. The second-order valence-corrected chi connectivity index (χ2v) is 2.97. The highest BCUT2D eigenvalue weighted by molar-refractivity contribution is 6.32. The number of carbonyl (C=O) groups is 1. The Morgan fingerprint density at radius 3 is 2.93 bits per heavy atom. The van der Waals surface area contributed by atoms with Crippen LogP contribution < -0.4 is 4.74 Å². The number of nitrogens with zero attached hydrogens (tertiary/aromatic N) is 1. The summed E-state index contributed by atoms with van der Waals surface area (Å²) in [5.41, 5.74) is 0.484. The SMILES string of the molecule is N#Cc1ccc(OCCC=O)c(Cl)c1. The Kier molecular flexibility index (Phi) is 3.96. The molecule has 1 aromatic rings. The molecule has 0 bridgehead atoms. The van der Waals surface area contributed by atoms with Gasteiger partial charge < -0.3 is 9.53 Å². The highest BCUT2D eigenvalue weighted by atomic mass is 35.5. The number of halogens is 1. The number of benzene rings is 1. The summed E-state index contributed by atoms with van der Waals surface area (Å²) in [5, 5.41) is 8.96. The van der Waals surface area contributed by atoms with E-state index in [1.807, 2.05) is 6.07 Å². The topological polar surface area (TPSA) is 50.1 Å². The Labute approximate surface area is 86.9 Å². The minimum absolute atomic E-state index is 0.301. The van der Waals surface area contributed by atoms with Crippen LogP contribution in [0.1, 0.15) is 12.0 Å². The molecule has 0 N–H and O–H groups in total. The maximum absolute atomic E-state index is 10.0. The van der Waals surface area contributed by atoms with Crippen molar-refractivity contribution < 1.29 is 9.53 Å². The quantitative estimate of drug-likeness (QED) is 0.564. The second-order valence-electron chi connectivity index (χ2n) is 2.56. The van der Waals surface area contributed by atoms with Crippen LogP contribution in [-0.2, 0) is 4.79 Å². The van der Waals surface area contributed by atoms with Gasteiger partial charge in [-0.3, -0.25) is 0 Å². The van der Waals surface area contributed by atoms with Crippen molar-refractivity contribution in [3.8, 4) is 11.8 Å². The van der Waals surface area contributed by atoms with E-state index in [9.17, 15) is 4.79 Å². The number of ether oxygens (including phenoxy) is 1. The first-order valence-corrected chi connectivity index (χ1v) is 4.42. The van der Waals surface area contributed by atoms with Gasteiger partial charge in [-0.1, -0.05) is 11.6 Å². The number of carbonyl (C=O) groups excluding carboxylic acids is 1. The van der Waals surface area contributed by atoms with Crippen LogP contribution in [0, 0.1) is 11.3 Å². The van der Waals surface area contributed by atoms with Crippen LogP contribution in [0.15, 0.2) is 18.2 Å². The smallest absolute Gasteiger partial charge is 0.137 e. The van der Waals surface area contributed by atoms with Gasteiger partial charge in [0.25, 0.3) is 0 Å². The van der Waals surface area contributed by atoms with Gasteiger partial charge in [-0.05, 0) is 18.2 Å². The average Bonchev–Trinajstić information content (AvgIpc) is 2.20. The number of nitriles is 1. The van der Waals surface area contributed by atoms with E-state index in [0.29, 0.717) is 29.4 Å². The Hall–Kier alpha value is -1.53. The van der Waals surface area contributed by atoms with Crippen molar-refractivity contribution in [3.05, 3.63) is 28.8 Å². The zero-order valence-corrected chi connectivity index (χ0v) is 8.12. The van der Waals surface area contributed by atoms with Gasteiger partial charge in [0.05, 0.1) is 23.3 Å². The Morgan fingerprint density at radius 2 is 2.36 bits per heavy atom. The van der Waals surface area contributed by atoms with E-state index in [4.69, 9.17) is 21.6 Å². The summed E-state index contributed by atoms with van der Waals surface area (Å²) in [6.07, 6.45) is 1.11. The van der Waals surface area contributed by atoms with Crippen LogP contribution in [0.2, 0.25) is 5.02 Å². The molecule has 0 amide bonds. The molecule has 0 unspecified atom stereocenters. The van der Waals surface area contributed by atoms with Gasteiger partial charge in [-0.25, -0.2) is 0 Å². The molecular formula is C10H8ClNO2. The molecule has 0 spiro atoms. The van der Waals surface area contributed by atoms with Crippen molar-refractivity contribution in [1.29, 1.82) is 5.26 Å². The molecular weight excluding hydrogens is 202 g/mol. The highest BCUT2D eigenvalue weighted by Gasteiger charge is 2.02. The minimum atomic E-state index is 0.301. The normalized spacial score (nSPS) is 9.14. The number of hydrogen-bond acceptors (Lipinski definition) is 3. The fourth-order valence-electron chi connectivity index (χ4n) is 0.904. The van der Waals surface area contributed by atoms with Crippen molar-refractivity contribution in [1.82, 2.24) is 0 Å². The van der Waals surface area contributed by atoms with Crippen molar-refractivity contribution in [2.75, 3.05) is 6.61 Å². The molecule has 0 aliphatic carbocycles. The van der Waals surface area contributed by atoms with Crippen molar-refractivity contribution in [3.63, 3.8) is 0 Å². The Bertz CT molecular complexity index is 371. The van der Waals surface area contributed by atoms with E-state index in [2.05, 4.69) is 0 Å². The van der Waals surface area contributed by atoms with E-state index in [-0.39, 0.29) is 0 Å². The van der Waals surface area contributed by atoms with Gasteiger partial charge in [-0.2, -0.15) is 5.26 Å². The second kappa shape index (κ2) is 5.25. The van der Waals surface area contributed by atoms with Gasteiger partial charge in [0.1, 0.15) is 12.0 Å². The average molecular weight is 210 g/mol. The number of rotatable bonds is 4. The Balaban J connectivity index is 2.70. The molecule has 72 valence electrons. The molecule has 0 aliphatic rings. The lowest BCUT2D eigenvalue weighted by atomic mass is 10.2. The monoisotopic (exact) mass is 209 g/mol. The van der Waals surface area contributed by atoms with Crippen LogP contribution >= 0.6 is 11.6 Å². The minimum Gasteiger partial charge on any atom is -0.492 e. The maximum Gasteiger partial charge on any atom is 0.137 e. The standard InChI is InChI=1S/C10H8ClNO2/c11-9-6-8(7-12)2-3-10(9)14-5-1-4-13/h2-4,6H,1,5H2. The van der Waals surface area contributed by atoms with Crippen LogP contribution in [0.5, 0.6) is 5.75 Å². The molecule has 0 saturated carbocycles. The largest absolute Gasteiger partial charge is 0.492 e. The van der Waals surface area contributed by atoms with Crippen LogP contribution in [-0.4, -0.2) is 12.9 Å². The number of aldehydes is 1. The van der Waals surface area contributed by atoms with Gasteiger partial charge in [0, 0.05) is 6.42 Å². The summed E-state index contributed by atoms with van der Waals surface area (Å²) in [6.45, 7) is 0.301.